The van der Waals surface area contributed by atoms with Crippen molar-refractivity contribution in [3.05, 3.63) is 35.2 Å². The minimum Gasteiger partial charge on any atom is -0.369 e. The highest BCUT2D eigenvalue weighted by Crippen LogP contribution is 2.20. The number of carbonyl (C=O) groups is 1. The van der Waals surface area contributed by atoms with Crippen molar-refractivity contribution < 1.29 is 9.32 Å². The first kappa shape index (κ1) is 22.0. The molecule has 2 heterocycles. The largest absolute Gasteiger partial charge is 0.369 e. The molecule has 0 spiro atoms. The number of nitrogens with zero attached hydrogens (tertiary/aromatic N) is 4. The topological polar surface area (TPSA) is 122 Å². The van der Waals surface area contributed by atoms with E-state index in [4.69, 9.17) is 21.9 Å². The summed E-state index contributed by atoms with van der Waals surface area (Å²) in [5.41, 5.74) is 6.09. The van der Waals surface area contributed by atoms with E-state index in [9.17, 15) is 4.79 Å². The van der Waals surface area contributed by atoms with Gasteiger partial charge in [0.1, 0.15) is 0 Å². The van der Waals surface area contributed by atoms with E-state index < -0.39 is 0 Å². The number of aromatic nitrogens is 2. The first-order valence-corrected chi connectivity index (χ1v) is 10.6. The number of hydrogen-bond acceptors (Lipinski definition) is 6. The monoisotopic (exact) mass is 433 g/mol. The number of likely N-dealkylation sites (tertiary alicyclic amines) is 1. The number of piperidine rings is 1. The SMILES string of the molecule is CCNC(=NCCc1nc(-c2cccc(Cl)c2)no1)NC1CCN(CC(N)=O)CC1. The van der Waals surface area contributed by atoms with Gasteiger partial charge in [0.25, 0.3) is 0 Å². The molecular weight excluding hydrogens is 406 g/mol. The summed E-state index contributed by atoms with van der Waals surface area (Å²) in [6.07, 6.45) is 2.41. The van der Waals surface area contributed by atoms with Crippen LogP contribution in [0, 0.1) is 0 Å². The van der Waals surface area contributed by atoms with Crippen LogP contribution in [0.15, 0.2) is 33.8 Å². The number of halogens is 1. The Morgan fingerprint density at radius 1 is 1.40 bits per heavy atom. The molecule has 0 radical (unpaired) electrons. The Morgan fingerprint density at radius 3 is 2.90 bits per heavy atom. The summed E-state index contributed by atoms with van der Waals surface area (Å²) in [7, 11) is 0. The second-order valence-electron chi connectivity index (χ2n) is 7.19. The normalized spacial score (nSPS) is 15.9. The number of aliphatic imine (C=N–C) groups is 1. The molecule has 0 aliphatic carbocycles. The third-order valence-electron chi connectivity index (χ3n) is 4.80. The molecule has 1 aromatic carbocycles. The van der Waals surface area contributed by atoms with Gasteiger partial charge in [-0.15, -0.1) is 0 Å². The summed E-state index contributed by atoms with van der Waals surface area (Å²) >= 11 is 6.02. The predicted octanol–water partition coefficient (Wildman–Crippen LogP) is 1.44. The summed E-state index contributed by atoms with van der Waals surface area (Å²) < 4.78 is 5.34. The number of nitrogens with two attached hydrogens (primary N) is 1. The first-order valence-electron chi connectivity index (χ1n) is 10.2. The van der Waals surface area contributed by atoms with E-state index in [0.717, 1.165) is 44.0 Å². The molecular formula is C20H28ClN7O2. The molecule has 1 saturated heterocycles. The minimum atomic E-state index is -0.282. The lowest BCUT2D eigenvalue weighted by Gasteiger charge is -2.32. The average molecular weight is 434 g/mol. The molecule has 0 saturated carbocycles. The van der Waals surface area contributed by atoms with Crippen LogP contribution in [0.3, 0.4) is 0 Å². The number of guanidine groups is 1. The Kier molecular flexibility index (Phi) is 8.04. The van der Waals surface area contributed by atoms with Gasteiger partial charge in [0.2, 0.25) is 17.6 Å². The number of benzene rings is 1. The Labute approximate surface area is 181 Å². The van der Waals surface area contributed by atoms with Crippen molar-refractivity contribution >= 4 is 23.5 Å². The zero-order valence-corrected chi connectivity index (χ0v) is 17.9. The van der Waals surface area contributed by atoms with Gasteiger partial charge in [-0.05, 0) is 31.9 Å². The van der Waals surface area contributed by atoms with E-state index in [2.05, 4.69) is 30.7 Å². The highest BCUT2D eigenvalue weighted by Gasteiger charge is 2.20. The van der Waals surface area contributed by atoms with Gasteiger partial charge in [-0.3, -0.25) is 14.7 Å². The van der Waals surface area contributed by atoms with Gasteiger partial charge in [-0.25, -0.2) is 0 Å². The lowest BCUT2D eigenvalue weighted by molar-refractivity contribution is -0.119. The fourth-order valence-electron chi connectivity index (χ4n) is 3.33. The number of amides is 1. The molecule has 2 aromatic rings. The highest BCUT2D eigenvalue weighted by atomic mass is 35.5. The standard InChI is InChI=1S/C20H28ClN7O2/c1-2-23-20(25-16-7-10-28(11-8-16)13-17(22)29)24-9-6-18-26-19(27-30-18)14-4-3-5-15(21)12-14/h3-5,12,16H,2,6-11,13H2,1H3,(H2,22,29)(H2,23,24,25). The van der Waals surface area contributed by atoms with Gasteiger partial charge in [0.05, 0.1) is 13.1 Å². The number of rotatable bonds is 8. The van der Waals surface area contributed by atoms with Crippen molar-refractivity contribution in [3.8, 4) is 11.4 Å². The molecule has 9 nitrogen and oxygen atoms in total. The second-order valence-corrected chi connectivity index (χ2v) is 7.63. The molecule has 0 unspecified atom stereocenters. The molecule has 30 heavy (non-hydrogen) atoms. The lowest BCUT2D eigenvalue weighted by atomic mass is 10.1. The smallest absolute Gasteiger partial charge is 0.231 e. The number of primary amides is 1. The molecule has 0 bridgehead atoms. The summed E-state index contributed by atoms with van der Waals surface area (Å²) in [6.45, 7) is 5.32. The number of hydrogen-bond donors (Lipinski definition) is 3. The molecule has 1 fully saturated rings. The second kappa shape index (κ2) is 10.9. The molecule has 1 aliphatic heterocycles. The third-order valence-corrected chi connectivity index (χ3v) is 5.03. The van der Waals surface area contributed by atoms with Gasteiger partial charge < -0.3 is 20.9 Å². The van der Waals surface area contributed by atoms with Crippen molar-refractivity contribution in [3.63, 3.8) is 0 Å². The van der Waals surface area contributed by atoms with Crippen LogP contribution in [0.2, 0.25) is 5.02 Å². The Morgan fingerprint density at radius 2 is 2.20 bits per heavy atom. The van der Waals surface area contributed by atoms with Gasteiger partial charge >= 0.3 is 0 Å². The summed E-state index contributed by atoms with van der Waals surface area (Å²) in [5, 5.41) is 11.4. The summed E-state index contributed by atoms with van der Waals surface area (Å²) in [6, 6.07) is 7.66. The summed E-state index contributed by atoms with van der Waals surface area (Å²) in [4.78, 5) is 22.2. The zero-order chi connectivity index (χ0) is 21.3. The van der Waals surface area contributed by atoms with Crippen LogP contribution < -0.4 is 16.4 Å². The van der Waals surface area contributed by atoms with Crippen molar-refractivity contribution in [2.45, 2.75) is 32.2 Å². The van der Waals surface area contributed by atoms with Crippen LogP contribution in [0.1, 0.15) is 25.7 Å². The zero-order valence-electron chi connectivity index (χ0n) is 17.1. The maximum Gasteiger partial charge on any atom is 0.231 e. The molecule has 10 heteroatoms. The number of carbonyl (C=O) groups excluding carboxylic acids is 1. The predicted molar refractivity (Wildman–Crippen MR) is 116 cm³/mol. The van der Waals surface area contributed by atoms with Crippen LogP contribution in [0.5, 0.6) is 0 Å². The lowest BCUT2D eigenvalue weighted by Crippen LogP contribution is -2.49. The van der Waals surface area contributed by atoms with Crippen molar-refractivity contribution in [1.29, 1.82) is 0 Å². The molecule has 3 rings (SSSR count). The molecule has 1 aliphatic rings. The Bertz CT molecular complexity index is 862. The van der Waals surface area contributed by atoms with E-state index >= 15 is 0 Å². The van der Waals surface area contributed by atoms with Crippen LogP contribution in [0.25, 0.3) is 11.4 Å². The molecule has 4 N–H and O–H groups in total. The molecule has 162 valence electrons. The maximum absolute atomic E-state index is 11.1. The van der Waals surface area contributed by atoms with Crippen molar-refractivity contribution in [2.75, 3.05) is 32.7 Å². The van der Waals surface area contributed by atoms with Crippen LogP contribution >= 0.6 is 11.6 Å². The van der Waals surface area contributed by atoms with Crippen LogP contribution in [-0.2, 0) is 11.2 Å². The molecule has 1 amide bonds. The molecule has 1 aromatic heterocycles. The van der Waals surface area contributed by atoms with Crippen molar-refractivity contribution in [1.82, 2.24) is 25.7 Å². The third kappa shape index (κ3) is 6.70. The van der Waals surface area contributed by atoms with E-state index in [1.165, 1.54) is 0 Å². The molecule has 0 atom stereocenters. The number of nitrogens with one attached hydrogen (secondary N) is 2. The van der Waals surface area contributed by atoms with Gasteiger partial charge in [0, 0.05) is 42.7 Å². The van der Waals surface area contributed by atoms with Crippen LogP contribution in [-0.4, -0.2) is 65.7 Å². The van der Waals surface area contributed by atoms with Gasteiger partial charge in [0.15, 0.2) is 5.96 Å². The fourth-order valence-corrected chi connectivity index (χ4v) is 3.52. The van der Waals surface area contributed by atoms with E-state index in [0.29, 0.717) is 42.3 Å². The quantitative estimate of drug-likeness (QED) is 0.425. The van der Waals surface area contributed by atoms with Gasteiger partial charge in [-0.2, -0.15) is 4.98 Å². The Hall–Kier alpha value is -2.65. The fraction of sp³-hybridized carbons (Fsp3) is 0.500. The van der Waals surface area contributed by atoms with E-state index in [1.807, 2.05) is 19.1 Å². The van der Waals surface area contributed by atoms with Crippen molar-refractivity contribution in [2.24, 2.45) is 10.7 Å². The first-order chi connectivity index (χ1) is 14.5. The minimum absolute atomic E-state index is 0.282. The van der Waals surface area contributed by atoms with Crippen LogP contribution in [0.4, 0.5) is 0 Å². The summed E-state index contributed by atoms with van der Waals surface area (Å²) in [5.74, 6) is 1.53. The Balaban J connectivity index is 1.50. The van der Waals surface area contributed by atoms with E-state index in [1.54, 1.807) is 12.1 Å². The highest BCUT2D eigenvalue weighted by molar-refractivity contribution is 6.30. The van der Waals surface area contributed by atoms with E-state index in [-0.39, 0.29) is 5.91 Å². The van der Waals surface area contributed by atoms with Gasteiger partial charge in [-0.1, -0.05) is 28.9 Å². The average Bonchev–Trinajstić information content (AvgIpc) is 3.18. The maximum atomic E-state index is 11.1.